The van der Waals surface area contributed by atoms with E-state index in [-0.39, 0.29) is 6.54 Å². The standard InChI is InChI=1S/C20H26N2O5S/c1-5-27-19-12-7-6-9-16(19)14-21-20(23)15(2)22(28(4,24)25)17-10-8-11-18(13-17)26-3/h6-13,15H,5,14H2,1-4H3,(H,21,23)/t15-/m1/s1. The van der Waals surface area contributed by atoms with E-state index in [1.807, 2.05) is 31.2 Å². The average Bonchev–Trinajstić information content (AvgIpc) is 2.66. The van der Waals surface area contributed by atoms with Crippen molar-refractivity contribution >= 4 is 21.6 Å². The first-order chi connectivity index (χ1) is 13.3. The zero-order valence-corrected chi connectivity index (χ0v) is 17.3. The lowest BCUT2D eigenvalue weighted by atomic mass is 10.2. The van der Waals surface area contributed by atoms with E-state index in [4.69, 9.17) is 9.47 Å². The molecule has 1 amide bonds. The number of carbonyl (C=O) groups is 1. The number of nitrogens with one attached hydrogen (secondary N) is 1. The molecule has 8 heteroatoms. The van der Waals surface area contributed by atoms with Gasteiger partial charge in [0.2, 0.25) is 15.9 Å². The zero-order valence-electron chi connectivity index (χ0n) is 16.5. The fourth-order valence-corrected chi connectivity index (χ4v) is 4.00. The van der Waals surface area contributed by atoms with Crippen molar-refractivity contribution in [3.05, 3.63) is 54.1 Å². The van der Waals surface area contributed by atoms with E-state index in [0.29, 0.717) is 23.8 Å². The number of methoxy groups -OCH3 is 1. The summed E-state index contributed by atoms with van der Waals surface area (Å²) >= 11 is 0. The first-order valence-electron chi connectivity index (χ1n) is 8.89. The van der Waals surface area contributed by atoms with Crippen LogP contribution in [0, 0.1) is 0 Å². The van der Waals surface area contributed by atoms with Gasteiger partial charge in [-0.3, -0.25) is 9.10 Å². The summed E-state index contributed by atoms with van der Waals surface area (Å²) in [5.74, 6) is 0.773. The average molecular weight is 407 g/mol. The van der Waals surface area contributed by atoms with Gasteiger partial charge in [-0.2, -0.15) is 0 Å². The molecule has 0 radical (unpaired) electrons. The third-order valence-corrected chi connectivity index (χ3v) is 5.36. The number of hydrogen-bond donors (Lipinski definition) is 1. The molecule has 1 atom stereocenters. The summed E-state index contributed by atoms with van der Waals surface area (Å²) in [4.78, 5) is 12.7. The maximum absolute atomic E-state index is 12.7. The molecule has 1 N–H and O–H groups in total. The third kappa shape index (κ3) is 5.39. The van der Waals surface area contributed by atoms with Crippen molar-refractivity contribution < 1.29 is 22.7 Å². The second-order valence-corrected chi connectivity index (χ2v) is 8.05. The largest absolute Gasteiger partial charge is 0.497 e. The van der Waals surface area contributed by atoms with Crippen LogP contribution in [0.5, 0.6) is 11.5 Å². The van der Waals surface area contributed by atoms with Gasteiger partial charge < -0.3 is 14.8 Å². The second kappa shape index (κ2) is 9.45. The molecule has 0 unspecified atom stereocenters. The van der Waals surface area contributed by atoms with Crippen LogP contribution in [-0.4, -0.2) is 40.3 Å². The zero-order chi connectivity index (χ0) is 20.7. The Morgan fingerprint density at radius 1 is 1.18 bits per heavy atom. The van der Waals surface area contributed by atoms with E-state index < -0.39 is 22.0 Å². The molecule has 0 bridgehead atoms. The summed E-state index contributed by atoms with van der Waals surface area (Å²) < 4.78 is 36.6. The Labute approximate surface area is 166 Å². The second-order valence-electron chi connectivity index (χ2n) is 6.19. The molecule has 152 valence electrons. The smallest absolute Gasteiger partial charge is 0.243 e. The Kier molecular flexibility index (Phi) is 7.28. The van der Waals surface area contributed by atoms with Gasteiger partial charge in [0.05, 0.1) is 25.7 Å². The molecule has 2 aromatic rings. The van der Waals surface area contributed by atoms with Crippen molar-refractivity contribution in [2.24, 2.45) is 0 Å². The molecule has 0 heterocycles. The predicted octanol–water partition coefficient (Wildman–Crippen LogP) is 2.56. The minimum atomic E-state index is -3.69. The Hall–Kier alpha value is -2.74. The number of para-hydroxylation sites is 1. The molecule has 2 rings (SSSR count). The van der Waals surface area contributed by atoms with Crippen LogP contribution in [0.2, 0.25) is 0 Å². The van der Waals surface area contributed by atoms with Crippen molar-refractivity contribution in [2.45, 2.75) is 26.4 Å². The highest BCUT2D eigenvalue weighted by Gasteiger charge is 2.29. The number of benzene rings is 2. The highest BCUT2D eigenvalue weighted by atomic mass is 32.2. The van der Waals surface area contributed by atoms with Gasteiger partial charge in [-0.1, -0.05) is 24.3 Å². The lowest BCUT2D eigenvalue weighted by Crippen LogP contribution is -2.47. The Morgan fingerprint density at radius 3 is 2.54 bits per heavy atom. The highest BCUT2D eigenvalue weighted by Crippen LogP contribution is 2.25. The van der Waals surface area contributed by atoms with Gasteiger partial charge >= 0.3 is 0 Å². The summed E-state index contributed by atoms with van der Waals surface area (Å²) in [7, 11) is -2.20. The molecule has 2 aromatic carbocycles. The minimum absolute atomic E-state index is 0.231. The van der Waals surface area contributed by atoms with Crippen LogP contribution >= 0.6 is 0 Å². The molecule has 0 saturated heterocycles. The van der Waals surface area contributed by atoms with E-state index in [9.17, 15) is 13.2 Å². The van der Waals surface area contributed by atoms with Crippen LogP contribution in [0.4, 0.5) is 5.69 Å². The van der Waals surface area contributed by atoms with Crippen LogP contribution in [0.3, 0.4) is 0 Å². The normalized spacial score (nSPS) is 12.1. The van der Waals surface area contributed by atoms with Gasteiger partial charge in [-0.05, 0) is 32.0 Å². The SMILES string of the molecule is CCOc1ccccc1CNC(=O)[C@@H](C)N(c1cccc(OC)c1)S(C)(=O)=O. The minimum Gasteiger partial charge on any atom is -0.497 e. The van der Waals surface area contributed by atoms with Crippen LogP contribution in [0.25, 0.3) is 0 Å². The Bertz CT molecular complexity index is 914. The van der Waals surface area contributed by atoms with Crippen molar-refractivity contribution in [1.29, 1.82) is 0 Å². The summed E-state index contributed by atoms with van der Waals surface area (Å²) in [6.45, 7) is 4.17. The molecule has 0 aliphatic carbocycles. The molecule has 28 heavy (non-hydrogen) atoms. The van der Waals surface area contributed by atoms with Gasteiger partial charge in [0, 0.05) is 18.2 Å². The molecular weight excluding hydrogens is 380 g/mol. The van der Waals surface area contributed by atoms with Gasteiger partial charge in [0.15, 0.2) is 0 Å². The number of sulfonamides is 1. The first kappa shape index (κ1) is 21.6. The fraction of sp³-hybridized carbons (Fsp3) is 0.350. The number of amides is 1. The summed E-state index contributed by atoms with van der Waals surface area (Å²) in [6.07, 6.45) is 1.07. The van der Waals surface area contributed by atoms with E-state index in [1.165, 1.54) is 7.11 Å². The van der Waals surface area contributed by atoms with E-state index in [2.05, 4.69) is 5.32 Å². The topological polar surface area (TPSA) is 84.9 Å². The number of anilines is 1. The monoisotopic (exact) mass is 406 g/mol. The van der Waals surface area contributed by atoms with Crippen LogP contribution in [-0.2, 0) is 21.4 Å². The van der Waals surface area contributed by atoms with Gasteiger partial charge in [0.1, 0.15) is 17.5 Å². The van der Waals surface area contributed by atoms with Gasteiger partial charge in [0.25, 0.3) is 0 Å². The van der Waals surface area contributed by atoms with E-state index >= 15 is 0 Å². The Morgan fingerprint density at radius 2 is 1.89 bits per heavy atom. The molecule has 0 aromatic heterocycles. The lowest BCUT2D eigenvalue weighted by Gasteiger charge is -2.28. The summed E-state index contributed by atoms with van der Waals surface area (Å²) in [5, 5.41) is 2.79. The van der Waals surface area contributed by atoms with E-state index in [1.54, 1.807) is 31.2 Å². The van der Waals surface area contributed by atoms with Crippen LogP contribution in [0.15, 0.2) is 48.5 Å². The first-order valence-corrected chi connectivity index (χ1v) is 10.7. The quantitative estimate of drug-likeness (QED) is 0.692. The van der Waals surface area contributed by atoms with Crippen molar-refractivity contribution in [1.82, 2.24) is 5.32 Å². The number of hydrogen-bond acceptors (Lipinski definition) is 5. The molecule has 0 saturated carbocycles. The number of nitrogens with zero attached hydrogens (tertiary/aromatic N) is 1. The lowest BCUT2D eigenvalue weighted by molar-refractivity contribution is -0.122. The third-order valence-electron chi connectivity index (χ3n) is 4.12. The molecule has 0 aliphatic rings. The molecular formula is C20H26N2O5S. The van der Waals surface area contributed by atoms with Gasteiger partial charge in [-0.25, -0.2) is 8.42 Å². The van der Waals surface area contributed by atoms with Crippen LogP contribution in [0.1, 0.15) is 19.4 Å². The predicted molar refractivity (Wildman–Crippen MR) is 109 cm³/mol. The van der Waals surface area contributed by atoms with Crippen molar-refractivity contribution in [3.8, 4) is 11.5 Å². The fourth-order valence-electron chi connectivity index (χ4n) is 2.83. The van der Waals surface area contributed by atoms with Crippen LogP contribution < -0.4 is 19.1 Å². The maximum Gasteiger partial charge on any atom is 0.243 e. The number of rotatable bonds is 9. The Balaban J connectivity index is 2.20. The maximum atomic E-state index is 12.7. The van der Waals surface area contributed by atoms with Crippen molar-refractivity contribution in [3.63, 3.8) is 0 Å². The van der Waals surface area contributed by atoms with Crippen molar-refractivity contribution in [2.75, 3.05) is 24.3 Å². The molecule has 0 fully saturated rings. The number of carbonyl (C=O) groups excluding carboxylic acids is 1. The molecule has 7 nitrogen and oxygen atoms in total. The number of ether oxygens (including phenoxy) is 2. The highest BCUT2D eigenvalue weighted by molar-refractivity contribution is 7.92. The van der Waals surface area contributed by atoms with E-state index in [0.717, 1.165) is 16.1 Å². The van der Waals surface area contributed by atoms with Gasteiger partial charge in [-0.15, -0.1) is 0 Å². The summed E-state index contributed by atoms with van der Waals surface area (Å²) in [5.41, 5.74) is 1.18. The molecule has 0 aliphatic heterocycles. The summed E-state index contributed by atoms with van der Waals surface area (Å²) in [6, 6.07) is 13.0. The molecule has 0 spiro atoms.